The Hall–Kier alpha value is -0.710. The first kappa shape index (κ1) is 13.7. The van der Waals surface area contributed by atoms with Crippen molar-refractivity contribution in [3.8, 4) is 0 Å². The van der Waals surface area contributed by atoms with Gasteiger partial charge in [-0.25, -0.2) is 0 Å². The Labute approximate surface area is 116 Å². The molecule has 0 radical (unpaired) electrons. The quantitative estimate of drug-likeness (QED) is 0.818. The van der Waals surface area contributed by atoms with E-state index in [1.807, 2.05) is 12.3 Å². The van der Waals surface area contributed by atoms with Gasteiger partial charge < -0.3 is 10.4 Å². The summed E-state index contributed by atoms with van der Waals surface area (Å²) in [6.07, 6.45) is 3.90. The maximum absolute atomic E-state index is 12.0. The molecule has 1 aromatic rings. The van der Waals surface area contributed by atoms with Crippen molar-refractivity contribution in [2.24, 2.45) is 5.41 Å². The van der Waals surface area contributed by atoms with Crippen LogP contribution in [0.3, 0.4) is 0 Å². The molecule has 1 fully saturated rings. The predicted octanol–water partition coefficient (Wildman–Crippen LogP) is 2.56. The number of benzene rings is 1. The molecule has 0 spiro atoms. The summed E-state index contributed by atoms with van der Waals surface area (Å²) in [7, 11) is 0. The van der Waals surface area contributed by atoms with Gasteiger partial charge in [-0.05, 0) is 37.3 Å². The SMILES string of the molecule is CSc1ccc(Cl)c(C(=O)NCC2(CO)CC2)c1. The van der Waals surface area contributed by atoms with Crippen molar-refractivity contribution in [2.45, 2.75) is 17.7 Å². The molecular weight excluding hydrogens is 270 g/mol. The molecule has 1 aromatic carbocycles. The van der Waals surface area contributed by atoms with Crippen LogP contribution < -0.4 is 5.32 Å². The Morgan fingerprint density at radius 3 is 2.83 bits per heavy atom. The molecule has 5 heteroatoms. The normalized spacial score (nSPS) is 16.4. The van der Waals surface area contributed by atoms with Crippen LogP contribution >= 0.6 is 23.4 Å². The molecular formula is C13H16ClNO2S. The first-order valence-electron chi connectivity index (χ1n) is 5.83. The first-order chi connectivity index (χ1) is 8.60. The van der Waals surface area contributed by atoms with Crippen LogP contribution in [0, 0.1) is 5.41 Å². The number of rotatable bonds is 5. The third-order valence-corrected chi connectivity index (χ3v) is 4.39. The zero-order chi connectivity index (χ0) is 13.2. The van der Waals surface area contributed by atoms with Crippen LogP contribution in [0.2, 0.25) is 5.02 Å². The van der Waals surface area contributed by atoms with Crippen molar-refractivity contribution in [1.29, 1.82) is 0 Å². The number of aliphatic hydroxyl groups excluding tert-OH is 1. The highest BCUT2D eigenvalue weighted by atomic mass is 35.5. The summed E-state index contributed by atoms with van der Waals surface area (Å²) in [6.45, 7) is 0.647. The maximum Gasteiger partial charge on any atom is 0.252 e. The Balaban J connectivity index is 2.04. The molecule has 0 atom stereocenters. The molecule has 0 aliphatic heterocycles. The van der Waals surface area contributed by atoms with Crippen molar-refractivity contribution in [2.75, 3.05) is 19.4 Å². The molecule has 0 unspecified atom stereocenters. The van der Waals surface area contributed by atoms with Crippen molar-refractivity contribution < 1.29 is 9.90 Å². The van der Waals surface area contributed by atoms with E-state index in [0.29, 0.717) is 17.1 Å². The van der Waals surface area contributed by atoms with E-state index in [-0.39, 0.29) is 17.9 Å². The standard InChI is InChI=1S/C13H16ClNO2S/c1-18-9-2-3-11(14)10(6-9)12(17)15-7-13(8-16)4-5-13/h2-3,6,16H,4-5,7-8H2,1H3,(H,15,17). The highest BCUT2D eigenvalue weighted by Gasteiger charge is 2.42. The van der Waals surface area contributed by atoms with Crippen LogP contribution in [-0.2, 0) is 0 Å². The summed E-state index contributed by atoms with van der Waals surface area (Å²) in [4.78, 5) is 13.0. The number of carbonyl (C=O) groups excluding carboxylic acids is 1. The largest absolute Gasteiger partial charge is 0.396 e. The molecule has 0 bridgehead atoms. The van der Waals surface area contributed by atoms with Gasteiger partial charge in [-0.3, -0.25) is 4.79 Å². The summed E-state index contributed by atoms with van der Waals surface area (Å²) in [5.74, 6) is -0.171. The summed E-state index contributed by atoms with van der Waals surface area (Å²) < 4.78 is 0. The average Bonchev–Trinajstić information content (AvgIpc) is 3.17. The summed E-state index contributed by atoms with van der Waals surface area (Å²) in [6, 6.07) is 5.42. The zero-order valence-corrected chi connectivity index (χ0v) is 11.8. The van der Waals surface area contributed by atoms with E-state index in [0.717, 1.165) is 17.7 Å². The van der Waals surface area contributed by atoms with Crippen LogP contribution in [0.5, 0.6) is 0 Å². The molecule has 2 N–H and O–H groups in total. The minimum Gasteiger partial charge on any atom is -0.396 e. The highest BCUT2D eigenvalue weighted by Crippen LogP contribution is 2.44. The van der Waals surface area contributed by atoms with E-state index >= 15 is 0 Å². The molecule has 18 heavy (non-hydrogen) atoms. The van der Waals surface area contributed by atoms with Gasteiger partial charge in [0.25, 0.3) is 5.91 Å². The van der Waals surface area contributed by atoms with E-state index in [9.17, 15) is 9.90 Å². The van der Waals surface area contributed by atoms with Gasteiger partial charge in [0.2, 0.25) is 0 Å². The number of hydrogen-bond donors (Lipinski definition) is 2. The minimum absolute atomic E-state index is 0.0841. The lowest BCUT2D eigenvalue weighted by molar-refractivity contribution is 0.0935. The van der Waals surface area contributed by atoms with Crippen molar-refractivity contribution in [3.05, 3.63) is 28.8 Å². The van der Waals surface area contributed by atoms with Crippen molar-refractivity contribution in [3.63, 3.8) is 0 Å². The van der Waals surface area contributed by atoms with Crippen LogP contribution in [0.25, 0.3) is 0 Å². The molecule has 2 rings (SSSR count). The van der Waals surface area contributed by atoms with Gasteiger partial charge in [0, 0.05) is 16.9 Å². The molecule has 0 aromatic heterocycles. The molecule has 1 aliphatic carbocycles. The van der Waals surface area contributed by atoms with Crippen molar-refractivity contribution >= 4 is 29.3 Å². The third-order valence-electron chi connectivity index (χ3n) is 3.33. The monoisotopic (exact) mass is 285 g/mol. The summed E-state index contributed by atoms with van der Waals surface area (Å²) >= 11 is 7.60. The van der Waals surface area contributed by atoms with Crippen LogP contribution in [-0.4, -0.2) is 30.4 Å². The van der Waals surface area contributed by atoms with Gasteiger partial charge in [0.1, 0.15) is 0 Å². The lowest BCUT2D eigenvalue weighted by Crippen LogP contribution is -2.32. The van der Waals surface area contributed by atoms with Gasteiger partial charge in [-0.2, -0.15) is 0 Å². The molecule has 1 aliphatic rings. The number of amides is 1. The Morgan fingerprint density at radius 2 is 2.28 bits per heavy atom. The van der Waals surface area contributed by atoms with E-state index < -0.39 is 0 Å². The van der Waals surface area contributed by atoms with Gasteiger partial charge in [-0.1, -0.05) is 11.6 Å². The average molecular weight is 286 g/mol. The minimum atomic E-state index is -0.171. The second-order valence-electron chi connectivity index (χ2n) is 4.69. The molecule has 1 saturated carbocycles. The fraction of sp³-hybridized carbons (Fsp3) is 0.462. The van der Waals surface area contributed by atoms with Crippen LogP contribution in [0.15, 0.2) is 23.1 Å². The van der Waals surface area contributed by atoms with E-state index in [1.165, 1.54) is 0 Å². The fourth-order valence-electron chi connectivity index (χ4n) is 1.74. The number of nitrogens with one attached hydrogen (secondary N) is 1. The Kier molecular flexibility index (Phi) is 4.20. The second-order valence-corrected chi connectivity index (χ2v) is 5.97. The van der Waals surface area contributed by atoms with Gasteiger partial charge in [0.15, 0.2) is 0 Å². The smallest absolute Gasteiger partial charge is 0.252 e. The van der Waals surface area contributed by atoms with Gasteiger partial charge >= 0.3 is 0 Å². The first-order valence-corrected chi connectivity index (χ1v) is 7.43. The zero-order valence-electron chi connectivity index (χ0n) is 10.2. The highest BCUT2D eigenvalue weighted by molar-refractivity contribution is 7.98. The topological polar surface area (TPSA) is 49.3 Å². The van der Waals surface area contributed by atoms with Crippen LogP contribution in [0.4, 0.5) is 0 Å². The van der Waals surface area contributed by atoms with E-state index in [4.69, 9.17) is 11.6 Å². The number of aliphatic hydroxyl groups is 1. The van der Waals surface area contributed by atoms with Gasteiger partial charge in [-0.15, -0.1) is 11.8 Å². The van der Waals surface area contributed by atoms with E-state index in [2.05, 4.69) is 5.32 Å². The maximum atomic E-state index is 12.0. The summed E-state index contributed by atoms with van der Waals surface area (Å²) in [5, 5.41) is 12.5. The molecule has 3 nitrogen and oxygen atoms in total. The third kappa shape index (κ3) is 2.99. The molecule has 0 saturated heterocycles. The number of hydrogen-bond acceptors (Lipinski definition) is 3. The van der Waals surface area contributed by atoms with Crippen LogP contribution in [0.1, 0.15) is 23.2 Å². The molecule has 1 amide bonds. The lowest BCUT2D eigenvalue weighted by Gasteiger charge is -2.13. The lowest BCUT2D eigenvalue weighted by atomic mass is 10.1. The second kappa shape index (κ2) is 5.51. The van der Waals surface area contributed by atoms with E-state index in [1.54, 1.807) is 23.9 Å². The van der Waals surface area contributed by atoms with Crippen molar-refractivity contribution in [1.82, 2.24) is 5.32 Å². The Bertz CT molecular complexity index is 460. The Morgan fingerprint density at radius 1 is 1.56 bits per heavy atom. The van der Waals surface area contributed by atoms with Gasteiger partial charge in [0.05, 0.1) is 17.2 Å². The fourth-order valence-corrected chi connectivity index (χ4v) is 2.38. The summed E-state index contributed by atoms with van der Waals surface area (Å²) in [5.41, 5.74) is 0.413. The number of thioether (sulfide) groups is 1. The molecule has 0 heterocycles. The number of carbonyl (C=O) groups is 1. The number of halogens is 1. The predicted molar refractivity (Wildman–Crippen MR) is 74.3 cm³/mol. The molecule has 98 valence electrons.